The first-order valence-corrected chi connectivity index (χ1v) is 44.2. The van der Waals surface area contributed by atoms with Crippen molar-refractivity contribution in [3.63, 3.8) is 0 Å². The number of pyridine rings is 15. The molecule has 0 aliphatic heterocycles. The highest BCUT2D eigenvalue weighted by molar-refractivity contribution is 5.86. The molecule has 130 heavy (non-hydrogen) atoms. The third-order valence-corrected chi connectivity index (χ3v) is 21.5. The highest BCUT2D eigenvalue weighted by Crippen LogP contribution is 2.39. The normalized spacial score (nSPS) is 12.1. The van der Waals surface area contributed by atoms with Crippen molar-refractivity contribution in [3.05, 3.63) is 343 Å². The largest absolute Gasteiger partial charge is 0.433 e. The number of aromatic nitrogens is 15. The van der Waals surface area contributed by atoms with Gasteiger partial charge in [-0.1, -0.05) is 254 Å². The van der Waals surface area contributed by atoms with E-state index < -0.39 is 17.3 Å². The van der Waals surface area contributed by atoms with Crippen LogP contribution in [0.5, 0.6) is 0 Å². The van der Waals surface area contributed by atoms with E-state index in [9.17, 15) is 13.2 Å². The van der Waals surface area contributed by atoms with Crippen LogP contribution in [0.25, 0.3) is 98.5 Å². The molecule has 15 nitrogen and oxygen atoms in total. The Morgan fingerprint density at radius 2 is 0.646 bits per heavy atom. The summed E-state index contributed by atoms with van der Waals surface area (Å²) in [5.74, 6) is 0. The molecule has 0 amide bonds. The zero-order valence-electron chi connectivity index (χ0n) is 81.0. The molecule has 0 saturated heterocycles. The van der Waals surface area contributed by atoms with Crippen molar-refractivity contribution in [2.45, 2.75) is 242 Å². The van der Waals surface area contributed by atoms with Gasteiger partial charge in [-0.05, 0) is 204 Å². The lowest BCUT2D eigenvalue weighted by atomic mass is 9.85. The van der Waals surface area contributed by atoms with Gasteiger partial charge in [0.05, 0.1) is 45.0 Å². The molecule has 0 radical (unpaired) electrons. The fourth-order valence-corrected chi connectivity index (χ4v) is 14.4. The molecule has 0 aliphatic carbocycles. The zero-order valence-corrected chi connectivity index (χ0v) is 81.0. The molecule has 0 saturated carbocycles. The van der Waals surface area contributed by atoms with Crippen molar-refractivity contribution in [2.75, 3.05) is 0 Å². The van der Waals surface area contributed by atoms with Crippen molar-refractivity contribution in [2.24, 2.45) is 0 Å². The van der Waals surface area contributed by atoms with Crippen LogP contribution in [0.15, 0.2) is 287 Å². The van der Waals surface area contributed by atoms with Gasteiger partial charge in [-0.3, -0.25) is 44.9 Å². The molecule has 18 heteroatoms. The lowest BCUT2D eigenvalue weighted by molar-refractivity contribution is -0.142. The van der Waals surface area contributed by atoms with Gasteiger partial charge < -0.3 is 0 Å². The highest BCUT2D eigenvalue weighted by Gasteiger charge is 2.39. The van der Waals surface area contributed by atoms with Crippen molar-refractivity contribution >= 4 is 98.5 Å². The van der Waals surface area contributed by atoms with Crippen LogP contribution in [0.4, 0.5) is 13.2 Å². The summed E-state index contributed by atoms with van der Waals surface area (Å²) in [4.78, 5) is 63.7. The third-order valence-electron chi connectivity index (χ3n) is 21.5. The summed E-state index contributed by atoms with van der Waals surface area (Å²) in [5, 5.41) is 10.1. The number of hydrogen-bond donors (Lipinski definition) is 0. The van der Waals surface area contributed by atoms with Gasteiger partial charge in [-0.15, -0.1) is 0 Å². The maximum absolute atomic E-state index is 13.0. The minimum atomic E-state index is -4.46. The predicted octanol–water partition coefficient (Wildman–Crippen LogP) is 29.2. The molecule has 18 aromatic rings. The molecule has 0 atom stereocenters. The molecule has 0 spiro atoms. The summed E-state index contributed by atoms with van der Waals surface area (Å²) >= 11 is 0. The summed E-state index contributed by atoms with van der Waals surface area (Å²) in [6.07, 6.45) is 22.8. The molecule has 3 aromatic carbocycles. The summed E-state index contributed by atoms with van der Waals surface area (Å²) in [7, 11) is 0. The number of benzene rings is 3. The molecule has 0 aliphatic rings. The minimum absolute atomic E-state index is 0.0720. The summed E-state index contributed by atoms with van der Waals surface area (Å²) in [6, 6.07) is 64.7. The predicted molar refractivity (Wildman–Crippen MR) is 536 cm³/mol. The Bertz CT molecular complexity index is 5990. The highest BCUT2D eigenvalue weighted by atomic mass is 19.4. The van der Waals surface area contributed by atoms with Crippen molar-refractivity contribution in [1.29, 1.82) is 0 Å². The number of fused-ring (bicyclic) bond motifs is 9. The van der Waals surface area contributed by atoms with Crippen LogP contribution in [0.2, 0.25) is 0 Å². The molecule has 15 aromatic heterocycles. The van der Waals surface area contributed by atoms with E-state index in [0.717, 1.165) is 77.3 Å². The molecule has 0 N–H and O–H groups in total. The van der Waals surface area contributed by atoms with E-state index in [0.29, 0.717) is 5.39 Å². The van der Waals surface area contributed by atoms with Crippen LogP contribution in [0.1, 0.15) is 243 Å². The number of alkyl halides is 3. The number of para-hydroxylation sites is 3. The maximum Gasteiger partial charge on any atom is 0.433 e. The second-order valence-electron chi connectivity index (χ2n) is 41.6. The van der Waals surface area contributed by atoms with Crippen LogP contribution in [-0.4, -0.2) is 74.8 Å². The number of hydrogen-bond acceptors (Lipinski definition) is 15. The Hall–Kier alpha value is -13.0. The van der Waals surface area contributed by atoms with Gasteiger partial charge in [0.25, 0.3) is 0 Å². The van der Waals surface area contributed by atoms with Crippen molar-refractivity contribution in [1.82, 2.24) is 74.8 Å². The van der Waals surface area contributed by atoms with Crippen LogP contribution in [0, 0.1) is 0 Å². The zero-order chi connectivity index (χ0) is 95.0. The van der Waals surface area contributed by atoms with E-state index in [1.54, 1.807) is 51.5 Å². The van der Waals surface area contributed by atoms with Gasteiger partial charge in [-0.25, -0.2) is 29.9 Å². The fourth-order valence-electron chi connectivity index (χ4n) is 14.4. The molecular formula is C112H128F3N15. The first-order valence-electron chi connectivity index (χ1n) is 44.2. The minimum Gasteiger partial charge on any atom is -0.264 e. The molecule has 15 heterocycles. The van der Waals surface area contributed by atoms with E-state index >= 15 is 0 Å². The summed E-state index contributed by atoms with van der Waals surface area (Å²) in [5.41, 5.74) is 18.0. The van der Waals surface area contributed by atoms with E-state index in [4.69, 9.17) is 0 Å². The van der Waals surface area contributed by atoms with E-state index in [-0.39, 0.29) is 54.5 Å². The Balaban J connectivity index is 0.000000152. The van der Waals surface area contributed by atoms with Gasteiger partial charge in [0.2, 0.25) is 0 Å². The number of halogens is 3. The Labute approximate surface area is 766 Å². The lowest BCUT2D eigenvalue weighted by Crippen LogP contribution is -2.21. The average Bonchev–Trinajstić information content (AvgIpc) is 0.765. The van der Waals surface area contributed by atoms with Gasteiger partial charge in [0, 0.05) is 152 Å². The standard InChI is InChI=1S/C13H13F3N2.3C13H15N.5C12H14N2/c1-12(2,3)9-7-8-5-4-6-17-11(8)18-10(9)13(14,15)16;1-13(2,3)11-8-4-6-10-7-5-9-14-12(10)11;1-13(2,3)11-8-10-6-4-5-7-12(10)14-9-11;1-13(2,3)12-9-8-10-6-4-5-7-11(10)14-12;1-12(2,3)10-4-7-14-11-5-6-13-8-9(10)11;1-12(2,3)10-5-7-14-11-8-13-6-4-9(10)11;1-12(2,3)11-9-5-4-7-13-10(9)6-8-14-11;1-12(2,3)10-6-8-14-11-9(10)5-4-7-13-11;1-12(2,3)10-7-9-5-4-6-13-11(9)14-8-10/h4-7H,1-3H3;3*4-9H,1-3H3;5*4-8H,1-3H3. The van der Waals surface area contributed by atoms with E-state index in [1.165, 1.54) is 67.2 Å². The van der Waals surface area contributed by atoms with Gasteiger partial charge >= 0.3 is 6.18 Å². The first kappa shape index (κ1) is 99.2. The molecule has 672 valence electrons. The van der Waals surface area contributed by atoms with Gasteiger partial charge in [-0.2, -0.15) is 13.2 Å². The van der Waals surface area contributed by atoms with E-state index in [2.05, 4.69) is 344 Å². The van der Waals surface area contributed by atoms with Gasteiger partial charge in [0.15, 0.2) is 22.6 Å². The molecular weight excluding hydrogens is 1610 g/mol. The Morgan fingerprint density at radius 1 is 0.208 bits per heavy atom. The smallest absolute Gasteiger partial charge is 0.264 e. The number of rotatable bonds is 0. The second-order valence-corrected chi connectivity index (χ2v) is 41.6. The number of nitrogens with zero attached hydrogens (tertiary/aromatic N) is 15. The van der Waals surface area contributed by atoms with Gasteiger partial charge in [0.1, 0.15) is 0 Å². The van der Waals surface area contributed by atoms with Crippen LogP contribution in [0.3, 0.4) is 0 Å². The van der Waals surface area contributed by atoms with Crippen molar-refractivity contribution in [3.8, 4) is 0 Å². The SMILES string of the molecule is CC(C)(C)c1cc2cccnc2nc1C(F)(F)F.CC(C)(C)c1ccc2ccccc2n1.CC(C)(C)c1cccc2cccnc12.CC(C)(C)c1ccnc2ccncc12.CC(C)(C)c1ccnc2cnccc12.CC(C)(C)c1ccnc2ncccc12.CC(C)(C)c1cnc2ccccc2c1.CC(C)(C)c1cnc2ncccc2c1.CC(C)(C)c1nccc2ncccc12. The maximum atomic E-state index is 13.0. The summed E-state index contributed by atoms with van der Waals surface area (Å²) in [6.45, 7) is 58.0. The quantitative estimate of drug-likeness (QED) is 0.139. The van der Waals surface area contributed by atoms with Crippen molar-refractivity contribution < 1.29 is 13.2 Å². The molecule has 0 bridgehead atoms. The van der Waals surface area contributed by atoms with Crippen LogP contribution < -0.4 is 0 Å². The first-order chi connectivity index (χ1) is 60.8. The molecule has 0 unspecified atom stereocenters. The summed E-state index contributed by atoms with van der Waals surface area (Å²) < 4.78 is 39.0. The lowest BCUT2D eigenvalue weighted by Gasteiger charge is -2.23. The topological polar surface area (TPSA) is 193 Å². The van der Waals surface area contributed by atoms with Crippen LogP contribution >= 0.6 is 0 Å². The Morgan fingerprint density at radius 3 is 1.25 bits per heavy atom. The van der Waals surface area contributed by atoms with E-state index in [1.807, 2.05) is 141 Å². The second kappa shape index (κ2) is 41.2. The molecule has 18 rings (SSSR count). The monoisotopic (exact) mass is 1740 g/mol. The molecule has 0 fully saturated rings. The fraction of sp³-hybridized carbons (Fsp3) is 0.330. The Kier molecular flexibility index (Phi) is 31.4. The third kappa shape index (κ3) is 27.1. The average molecular weight is 1740 g/mol. The van der Waals surface area contributed by atoms with Crippen LogP contribution in [-0.2, 0) is 54.9 Å².